The number of halogens is 3. The molecule has 0 heterocycles. The van der Waals surface area contributed by atoms with Crippen LogP contribution in [-0.4, -0.2) is 23.9 Å². The Labute approximate surface area is 325 Å². The number of carbonyl (C=O) groups is 2. The molecule has 6 rings (SSSR count). The Hall–Kier alpha value is -1.91. The van der Waals surface area contributed by atoms with E-state index < -0.39 is 12.3 Å². The average Bonchev–Trinajstić information content (AvgIpc) is 3.80. The molecule has 6 aliphatic rings. The van der Waals surface area contributed by atoms with Gasteiger partial charge < -0.3 is 0 Å². The van der Waals surface area contributed by atoms with Gasteiger partial charge in [0.2, 0.25) is 0 Å². The topological polar surface area (TPSA) is 34.1 Å². The first-order valence-electron chi connectivity index (χ1n) is 21.1. The fourth-order valence-electron chi connectivity index (χ4n) is 8.70. The molecule has 0 aromatic heterocycles. The normalized spacial score (nSPS) is 41.3. The second-order valence-corrected chi connectivity index (χ2v) is 18.8. The van der Waals surface area contributed by atoms with Gasteiger partial charge in [-0.15, -0.1) is 0 Å². The van der Waals surface area contributed by atoms with E-state index in [4.69, 9.17) is 0 Å². The maximum atomic E-state index is 13.0. The molecular weight excluding hydrogens is 666 g/mol. The van der Waals surface area contributed by atoms with Crippen LogP contribution < -0.4 is 0 Å². The molecule has 0 N–H and O–H groups in total. The minimum Gasteiger partial charge on any atom is -0.299 e. The predicted octanol–water partition coefficient (Wildman–Crippen LogP) is 14.4. The third kappa shape index (κ3) is 14.3. The van der Waals surface area contributed by atoms with Gasteiger partial charge in [-0.1, -0.05) is 121 Å². The smallest absolute Gasteiger partial charge is 0.161 e. The lowest BCUT2D eigenvalue weighted by molar-refractivity contribution is -0.123. The molecule has 0 aromatic rings. The Morgan fingerprint density at radius 3 is 1.23 bits per heavy atom. The lowest BCUT2D eigenvalue weighted by atomic mass is 9.98. The van der Waals surface area contributed by atoms with Crippen molar-refractivity contribution in [1.29, 1.82) is 0 Å². The quantitative estimate of drug-likeness (QED) is 0.231. The monoisotopic (exact) mass is 747 g/mol. The van der Waals surface area contributed by atoms with Crippen molar-refractivity contribution < 1.29 is 22.8 Å². The third-order valence-electron chi connectivity index (χ3n) is 13.9. The van der Waals surface area contributed by atoms with Crippen molar-refractivity contribution in [2.75, 3.05) is 0 Å². The van der Waals surface area contributed by atoms with Crippen LogP contribution in [0.5, 0.6) is 0 Å². The summed E-state index contributed by atoms with van der Waals surface area (Å²) < 4.78 is 38.7. The molecule has 6 aliphatic carbocycles. The lowest BCUT2D eigenvalue weighted by Crippen LogP contribution is -2.12. The maximum absolute atomic E-state index is 13.0. The molecule has 5 heteroatoms. The van der Waals surface area contributed by atoms with Crippen molar-refractivity contribution in [2.24, 2.45) is 82.9 Å². The van der Waals surface area contributed by atoms with E-state index in [0.29, 0.717) is 64.8 Å². The molecule has 16 atom stereocenters. The molecule has 2 fully saturated rings. The molecule has 2 nitrogen and oxygen atoms in total. The van der Waals surface area contributed by atoms with Gasteiger partial charge in [-0.3, -0.25) is 9.59 Å². The van der Waals surface area contributed by atoms with Gasteiger partial charge >= 0.3 is 0 Å². The number of rotatable bonds is 0. The SMILES string of the molecule is CC1=C(F)C(C)C(C)C1.CC1=CC(C)C(C)C1.CC1=CC(C)C(C)C1=O.CC1=CC(C)C(C)C1F.CC1CC(C)C(C)C1=O.CC1CC(C)C(F)C1C. The molecule has 306 valence electrons. The first-order valence-corrected chi connectivity index (χ1v) is 21.1. The standard InChI is InChI=1S/C8H15F.2C8H13F.C8H14O.C8H12O.C8H14/c5*1-5-4-6(2)8(9)7(5)3;1-6-4-7(2)8(3)5-6/h5-8H,4H2,1-3H3;5,7H,4H2,1-3H3;4-5,7-8H,1-3H3;5-7H,4H2,1-3H3;4-5,7H,1-3H3;4,7-8H,5H2,1-3H3. The summed E-state index contributed by atoms with van der Waals surface area (Å²) in [5.41, 5.74) is 4.38. The van der Waals surface area contributed by atoms with Crippen LogP contribution in [0.3, 0.4) is 0 Å². The predicted molar refractivity (Wildman–Crippen MR) is 222 cm³/mol. The zero-order chi connectivity index (χ0) is 41.2. The van der Waals surface area contributed by atoms with Gasteiger partial charge in [0.15, 0.2) is 5.78 Å². The van der Waals surface area contributed by atoms with Crippen molar-refractivity contribution >= 4 is 11.6 Å². The first-order chi connectivity index (χ1) is 24.3. The number of hydrogen-bond donors (Lipinski definition) is 0. The Morgan fingerprint density at radius 2 is 1.11 bits per heavy atom. The second kappa shape index (κ2) is 22.0. The summed E-state index contributed by atoms with van der Waals surface area (Å²) in [6.07, 6.45) is 9.67. The Kier molecular flexibility index (Phi) is 20.4. The molecule has 0 aliphatic heterocycles. The van der Waals surface area contributed by atoms with E-state index in [2.05, 4.69) is 61.5 Å². The summed E-state index contributed by atoms with van der Waals surface area (Å²) in [5, 5.41) is 0. The van der Waals surface area contributed by atoms with Gasteiger partial charge in [-0.2, -0.15) is 0 Å². The van der Waals surface area contributed by atoms with E-state index in [1.165, 1.54) is 6.42 Å². The van der Waals surface area contributed by atoms with Gasteiger partial charge in [-0.25, -0.2) is 13.2 Å². The zero-order valence-electron chi connectivity index (χ0n) is 37.2. The van der Waals surface area contributed by atoms with Crippen LogP contribution in [0.2, 0.25) is 0 Å². The van der Waals surface area contributed by atoms with Crippen LogP contribution in [0.15, 0.2) is 46.3 Å². The van der Waals surface area contributed by atoms with Crippen LogP contribution in [0.25, 0.3) is 0 Å². The second-order valence-electron chi connectivity index (χ2n) is 18.8. The maximum Gasteiger partial charge on any atom is 0.161 e. The van der Waals surface area contributed by atoms with Crippen molar-refractivity contribution in [1.82, 2.24) is 0 Å². The van der Waals surface area contributed by atoms with E-state index in [-0.39, 0.29) is 23.6 Å². The van der Waals surface area contributed by atoms with E-state index in [1.54, 1.807) is 5.57 Å². The molecular formula is C48H81F3O2. The van der Waals surface area contributed by atoms with Gasteiger partial charge in [-0.05, 0) is 129 Å². The largest absolute Gasteiger partial charge is 0.299 e. The molecule has 0 radical (unpaired) electrons. The number of Topliss-reactive ketones (excluding diaryl/α,β-unsaturated/α-hetero) is 2. The summed E-state index contributed by atoms with van der Waals surface area (Å²) in [6.45, 7) is 37.0. The highest BCUT2D eigenvalue weighted by Gasteiger charge is 2.36. The van der Waals surface area contributed by atoms with Crippen molar-refractivity contribution in [2.45, 2.75) is 163 Å². The summed E-state index contributed by atoms with van der Waals surface area (Å²) in [7, 11) is 0. The van der Waals surface area contributed by atoms with Gasteiger partial charge in [0.25, 0.3) is 0 Å². The summed E-state index contributed by atoms with van der Waals surface area (Å²) in [6, 6.07) is 0. The van der Waals surface area contributed by atoms with Crippen LogP contribution in [0, 0.1) is 82.9 Å². The fraction of sp³-hybridized carbons (Fsp3) is 0.792. The van der Waals surface area contributed by atoms with Crippen molar-refractivity contribution in [3.8, 4) is 0 Å². The Balaban J connectivity index is 0.000000318. The first kappa shape index (κ1) is 49.1. The summed E-state index contributed by atoms with van der Waals surface area (Å²) in [4.78, 5) is 22.2. The van der Waals surface area contributed by atoms with Crippen LogP contribution in [0.4, 0.5) is 13.2 Å². The minimum atomic E-state index is -0.681. The highest BCUT2D eigenvalue weighted by atomic mass is 19.1. The van der Waals surface area contributed by atoms with E-state index in [0.717, 1.165) is 47.8 Å². The fourth-order valence-corrected chi connectivity index (χ4v) is 8.70. The number of hydrogen-bond acceptors (Lipinski definition) is 2. The minimum absolute atomic E-state index is 0.127. The van der Waals surface area contributed by atoms with Crippen LogP contribution in [0.1, 0.15) is 150 Å². The number of ketones is 2. The zero-order valence-corrected chi connectivity index (χ0v) is 37.2. The summed E-state index contributed by atoms with van der Waals surface area (Å²) >= 11 is 0. The van der Waals surface area contributed by atoms with Crippen LogP contribution >= 0.6 is 0 Å². The van der Waals surface area contributed by atoms with Gasteiger partial charge in [0, 0.05) is 23.7 Å². The van der Waals surface area contributed by atoms with E-state index >= 15 is 0 Å². The highest BCUT2D eigenvalue weighted by Crippen LogP contribution is 2.38. The number of carbonyl (C=O) groups excluding carboxylic acids is 2. The molecule has 0 aromatic carbocycles. The van der Waals surface area contributed by atoms with Crippen molar-refractivity contribution in [3.63, 3.8) is 0 Å². The molecule has 53 heavy (non-hydrogen) atoms. The van der Waals surface area contributed by atoms with Crippen LogP contribution in [-0.2, 0) is 9.59 Å². The number of alkyl halides is 2. The van der Waals surface area contributed by atoms with Gasteiger partial charge in [0.1, 0.15) is 24.0 Å². The molecule has 2 saturated carbocycles. The Morgan fingerprint density at radius 1 is 0.547 bits per heavy atom. The Bertz CT molecular complexity index is 1300. The van der Waals surface area contributed by atoms with E-state index in [9.17, 15) is 22.8 Å². The van der Waals surface area contributed by atoms with E-state index in [1.807, 2.05) is 81.4 Å². The third-order valence-corrected chi connectivity index (χ3v) is 13.9. The molecule has 0 bridgehead atoms. The average molecular weight is 747 g/mol. The highest BCUT2D eigenvalue weighted by molar-refractivity contribution is 5.99. The number of allylic oxidation sites excluding steroid dienone is 8. The van der Waals surface area contributed by atoms with Crippen molar-refractivity contribution in [3.05, 3.63) is 46.3 Å². The molecule has 0 spiro atoms. The molecule has 16 unspecified atom stereocenters. The summed E-state index contributed by atoms with van der Waals surface area (Å²) in [5.74, 6) is 7.09. The van der Waals surface area contributed by atoms with Gasteiger partial charge in [0.05, 0.1) is 0 Å². The molecule has 0 saturated heterocycles. The molecule has 0 amide bonds. The lowest BCUT2D eigenvalue weighted by Gasteiger charge is -2.11.